The van der Waals surface area contributed by atoms with Gasteiger partial charge in [0, 0.05) is 25.6 Å². The van der Waals surface area contributed by atoms with Crippen molar-refractivity contribution in [1.29, 1.82) is 0 Å². The summed E-state index contributed by atoms with van der Waals surface area (Å²) in [6.07, 6.45) is 2.35. The number of hydrogen-bond acceptors (Lipinski definition) is 3. The fourth-order valence-corrected chi connectivity index (χ4v) is 3.62. The molecule has 0 bridgehead atoms. The van der Waals surface area contributed by atoms with Crippen LogP contribution >= 0.6 is 0 Å². The lowest BCUT2D eigenvalue weighted by Gasteiger charge is -2.39. The zero-order valence-electron chi connectivity index (χ0n) is 16.0. The molecule has 2 aliphatic heterocycles. The molecule has 3 amide bonds. The molecule has 0 saturated carbocycles. The van der Waals surface area contributed by atoms with Gasteiger partial charge in [0.1, 0.15) is 11.9 Å². The summed E-state index contributed by atoms with van der Waals surface area (Å²) in [6.45, 7) is 8.55. The van der Waals surface area contributed by atoms with E-state index in [2.05, 4.69) is 5.32 Å². The van der Waals surface area contributed by atoms with Crippen LogP contribution in [-0.4, -0.2) is 49.1 Å². The largest absolute Gasteiger partial charge is 0.487 e. The van der Waals surface area contributed by atoms with Gasteiger partial charge in [-0.1, -0.05) is 13.0 Å². The molecule has 3 rings (SSSR count). The summed E-state index contributed by atoms with van der Waals surface area (Å²) in [5.74, 6) is 0.903. The number of hydrogen-bond donors (Lipinski definition) is 1. The van der Waals surface area contributed by atoms with Crippen LogP contribution in [0, 0.1) is 12.8 Å². The van der Waals surface area contributed by atoms with E-state index in [-0.39, 0.29) is 24.0 Å². The Morgan fingerprint density at radius 1 is 1.27 bits per heavy atom. The number of piperidine rings is 1. The molecular weight excluding hydrogens is 330 g/mol. The summed E-state index contributed by atoms with van der Waals surface area (Å²) < 4.78 is 5.88. The third-order valence-corrected chi connectivity index (χ3v) is 5.09. The number of amides is 3. The van der Waals surface area contributed by atoms with Gasteiger partial charge in [0.05, 0.1) is 12.2 Å². The molecule has 0 spiro atoms. The van der Waals surface area contributed by atoms with Gasteiger partial charge in [-0.3, -0.25) is 9.69 Å². The Hall–Kier alpha value is -2.24. The van der Waals surface area contributed by atoms with Gasteiger partial charge in [0.2, 0.25) is 5.91 Å². The van der Waals surface area contributed by atoms with E-state index in [0.717, 1.165) is 42.8 Å². The zero-order valence-corrected chi connectivity index (χ0v) is 16.0. The number of benzene rings is 1. The molecular formula is C20H29N3O3. The highest BCUT2D eigenvalue weighted by Gasteiger charge is 2.33. The summed E-state index contributed by atoms with van der Waals surface area (Å²) in [7, 11) is 0. The summed E-state index contributed by atoms with van der Waals surface area (Å²) in [4.78, 5) is 29.0. The lowest BCUT2D eigenvalue weighted by atomic mass is 9.96. The SMILES string of the molecule is CCCNC(=O)C1CCN(C(=O)N2C[C@@H](C)Oc3ccc(C)cc32)CC1. The Morgan fingerprint density at radius 3 is 2.69 bits per heavy atom. The van der Waals surface area contributed by atoms with Gasteiger partial charge in [0.15, 0.2) is 0 Å². The van der Waals surface area contributed by atoms with Crippen molar-refractivity contribution >= 4 is 17.6 Å². The number of likely N-dealkylation sites (tertiary alicyclic amines) is 1. The molecule has 6 heteroatoms. The number of ether oxygens (including phenoxy) is 1. The molecule has 1 aromatic rings. The van der Waals surface area contributed by atoms with Crippen LogP contribution in [0.15, 0.2) is 18.2 Å². The highest BCUT2D eigenvalue weighted by molar-refractivity contribution is 5.94. The number of fused-ring (bicyclic) bond motifs is 1. The second-order valence-electron chi connectivity index (χ2n) is 7.35. The highest BCUT2D eigenvalue weighted by Crippen LogP contribution is 2.35. The Labute approximate surface area is 155 Å². The fraction of sp³-hybridized carbons (Fsp3) is 0.600. The molecule has 0 unspecified atom stereocenters. The van der Waals surface area contributed by atoms with Crippen molar-refractivity contribution in [3.8, 4) is 5.75 Å². The molecule has 1 N–H and O–H groups in total. The molecule has 1 saturated heterocycles. The minimum absolute atomic E-state index is 0.0133. The topological polar surface area (TPSA) is 61.9 Å². The number of urea groups is 1. The first kappa shape index (κ1) is 18.5. The predicted molar refractivity (Wildman–Crippen MR) is 102 cm³/mol. The Kier molecular flexibility index (Phi) is 5.69. The van der Waals surface area contributed by atoms with Gasteiger partial charge >= 0.3 is 6.03 Å². The molecule has 2 heterocycles. The quantitative estimate of drug-likeness (QED) is 0.903. The van der Waals surface area contributed by atoms with Crippen molar-refractivity contribution in [2.45, 2.75) is 46.1 Å². The maximum absolute atomic E-state index is 13.1. The van der Waals surface area contributed by atoms with E-state index < -0.39 is 0 Å². The molecule has 1 aromatic carbocycles. The van der Waals surface area contributed by atoms with Gasteiger partial charge in [0.25, 0.3) is 0 Å². The minimum Gasteiger partial charge on any atom is -0.487 e. The smallest absolute Gasteiger partial charge is 0.324 e. The van der Waals surface area contributed by atoms with E-state index in [1.807, 2.05) is 48.8 Å². The second-order valence-corrected chi connectivity index (χ2v) is 7.35. The van der Waals surface area contributed by atoms with Crippen LogP contribution in [0.25, 0.3) is 0 Å². The molecule has 1 fully saturated rings. The summed E-state index contributed by atoms with van der Waals surface area (Å²) in [6, 6.07) is 5.95. The van der Waals surface area contributed by atoms with Crippen molar-refractivity contribution in [3.63, 3.8) is 0 Å². The molecule has 0 aliphatic carbocycles. The summed E-state index contributed by atoms with van der Waals surface area (Å²) in [5, 5.41) is 2.97. The first-order valence-electron chi connectivity index (χ1n) is 9.61. The number of nitrogens with one attached hydrogen (secondary N) is 1. The molecule has 1 atom stereocenters. The second kappa shape index (κ2) is 7.98. The lowest BCUT2D eigenvalue weighted by molar-refractivity contribution is -0.126. The van der Waals surface area contributed by atoms with Crippen LogP contribution in [-0.2, 0) is 4.79 Å². The highest BCUT2D eigenvalue weighted by atomic mass is 16.5. The van der Waals surface area contributed by atoms with E-state index in [1.165, 1.54) is 0 Å². The van der Waals surface area contributed by atoms with Crippen molar-refractivity contribution in [1.82, 2.24) is 10.2 Å². The third kappa shape index (κ3) is 3.94. The Bertz CT molecular complexity index is 668. The van der Waals surface area contributed by atoms with Gasteiger partial charge in [-0.15, -0.1) is 0 Å². The number of carbonyl (C=O) groups excluding carboxylic acids is 2. The molecule has 26 heavy (non-hydrogen) atoms. The Morgan fingerprint density at radius 2 is 2.00 bits per heavy atom. The van der Waals surface area contributed by atoms with Gasteiger partial charge in [-0.25, -0.2) is 4.79 Å². The molecule has 0 aromatic heterocycles. The van der Waals surface area contributed by atoms with Gasteiger partial charge in [-0.05, 0) is 50.8 Å². The van der Waals surface area contributed by atoms with Gasteiger partial charge < -0.3 is 15.0 Å². The number of anilines is 1. The maximum Gasteiger partial charge on any atom is 0.324 e. The third-order valence-electron chi connectivity index (χ3n) is 5.09. The first-order chi connectivity index (χ1) is 12.5. The fourth-order valence-electron chi connectivity index (χ4n) is 3.62. The average molecular weight is 359 g/mol. The van der Waals surface area contributed by atoms with Crippen molar-refractivity contribution in [2.24, 2.45) is 5.92 Å². The number of rotatable bonds is 3. The molecule has 142 valence electrons. The number of aryl methyl sites for hydroxylation is 1. The molecule has 0 radical (unpaired) electrons. The summed E-state index contributed by atoms with van der Waals surface area (Å²) in [5.41, 5.74) is 1.95. The van der Waals surface area contributed by atoms with E-state index in [4.69, 9.17) is 4.74 Å². The molecule has 2 aliphatic rings. The van der Waals surface area contributed by atoms with E-state index >= 15 is 0 Å². The van der Waals surface area contributed by atoms with Crippen LogP contribution < -0.4 is 15.0 Å². The molecule has 6 nitrogen and oxygen atoms in total. The normalized spacial score (nSPS) is 20.3. The van der Waals surface area contributed by atoms with Crippen LogP contribution in [0.5, 0.6) is 5.75 Å². The van der Waals surface area contributed by atoms with E-state index in [0.29, 0.717) is 19.6 Å². The first-order valence-corrected chi connectivity index (χ1v) is 9.61. The monoisotopic (exact) mass is 359 g/mol. The van der Waals surface area contributed by atoms with Crippen LogP contribution in [0.3, 0.4) is 0 Å². The van der Waals surface area contributed by atoms with Gasteiger partial charge in [-0.2, -0.15) is 0 Å². The van der Waals surface area contributed by atoms with Crippen molar-refractivity contribution < 1.29 is 14.3 Å². The Balaban J connectivity index is 1.66. The van der Waals surface area contributed by atoms with E-state index in [9.17, 15) is 9.59 Å². The van der Waals surface area contributed by atoms with Crippen LogP contribution in [0.4, 0.5) is 10.5 Å². The number of carbonyl (C=O) groups is 2. The van der Waals surface area contributed by atoms with Crippen LogP contribution in [0.2, 0.25) is 0 Å². The predicted octanol–water partition coefficient (Wildman–Crippen LogP) is 2.94. The maximum atomic E-state index is 13.1. The summed E-state index contributed by atoms with van der Waals surface area (Å²) >= 11 is 0. The van der Waals surface area contributed by atoms with Crippen molar-refractivity contribution in [3.05, 3.63) is 23.8 Å². The zero-order chi connectivity index (χ0) is 18.7. The van der Waals surface area contributed by atoms with Crippen molar-refractivity contribution in [2.75, 3.05) is 31.1 Å². The number of nitrogens with zero attached hydrogens (tertiary/aromatic N) is 2. The lowest BCUT2D eigenvalue weighted by Crippen LogP contribution is -2.52. The average Bonchev–Trinajstić information content (AvgIpc) is 2.65. The standard InChI is InChI=1S/C20H29N3O3/c1-4-9-21-19(24)16-7-10-22(11-8-16)20(25)23-13-15(3)26-18-6-5-14(2)12-17(18)23/h5-6,12,15-16H,4,7-11,13H2,1-3H3,(H,21,24)/t15-/m1/s1. The van der Waals surface area contributed by atoms with Crippen LogP contribution in [0.1, 0.15) is 38.7 Å². The van der Waals surface area contributed by atoms with E-state index in [1.54, 1.807) is 0 Å². The minimum atomic E-state index is -0.0356.